The summed E-state index contributed by atoms with van der Waals surface area (Å²) in [5.74, 6) is 1.51. The smallest absolute Gasteiger partial charge is 0.230 e. The third-order valence-corrected chi connectivity index (χ3v) is 7.57. The van der Waals surface area contributed by atoms with Crippen LogP contribution < -0.4 is 14.8 Å². The molecular weight excluding hydrogens is 522 g/mol. The summed E-state index contributed by atoms with van der Waals surface area (Å²) in [4.78, 5) is 24.7. The van der Waals surface area contributed by atoms with E-state index in [9.17, 15) is 9.59 Å². The molecule has 0 saturated carbocycles. The Labute approximate surface area is 229 Å². The number of aryl methyl sites for hydroxylation is 2. The number of unbranched alkanes of at least 4 members (excludes halogenated alkanes) is 1. The average Bonchev–Trinajstić information content (AvgIpc) is 3.56. The summed E-state index contributed by atoms with van der Waals surface area (Å²) < 4.78 is 10.3. The van der Waals surface area contributed by atoms with Crippen molar-refractivity contribution < 1.29 is 19.1 Å². The molecule has 0 spiro atoms. The minimum Gasteiger partial charge on any atom is -0.497 e. The van der Waals surface area contributed by atoms with Gasteiger partial charge in [0.05, 0.1) is 27.1 Å². The average molecular weight is 552 g/mol. The first-order valence-electron chi connectivity index (χ1n) is 12.2. The van der Waals surface area contributed by atoms with Gasteiger partial charge in [-0.15, -0.1) is 31.7 Å². The number of hydrogen-bond acceptors (Lipinski definition) is 10. The van der Waals surface area contributed by atoms with Crippen LogP contribution in [0.1, 0.15) is 39.0 Å². The number of ketones is 1. The summed E-state index contributed by atoms with van der Waals surface area (Å²) >= 11 is 2.89. The predicted molar refractivity (Wildman–Crippen MR) is 147 cm³/mol. The molecule has 0 unspecified atom stereocenters. The van der Waals surface area contributed by atoms with Gasteiger partial charge < -0.3 is 14.8 Å². The van der Waals surface area contributed by atoms with Gasteiger partial charge in [0.25, 0.3) is 0 Å². The molecule has 0 fully saturated rings. The summed E-state index contributed by atoms with van der Waals surface area (Å²) in [7, 11) is 3.23. The summed E-state index contributed by atoms with van der Waals surface area (Å²) in [5.41, 5.74) is 1.85. The van der Waals surface area contributed by atoms with Crippen molar-refractivity contribution in [2.75, 3.05) is 19.5 Å². The Morgan fingerprint density at radius 3 is 1.82 bits per heavy atom. The number of benzene rings is 2. The summed E-state index contributed by atoms with van der Waals surface area (Å²) in [6, 6.07) is 14.9. The lowest BCUT2D eigenvalue weighted by molar-refractivity contribution is -0.118. The largest absolute Gasteiger partial charge is 0.497 e. The quantitative estimate of drug-likeness (QED) is 0.228. The normalized spacial score (nSPS) is 10.8. The lowest BCUT2D eigenvalue weighted by atomic mass is 10.1. The van der Waals surface area contributed by atoms with Gasteiger partial charge in [0.2, 0.25) is 11.0 Å². The molecule has 2 aromatic carbocycles. The van der Waals surface area contributed by atoms with E-state index in [-0.39, 0.29) is 18.1 Å². The summed E-state index contributed by atoms with van der Waals surface area (Å²) in [6.45, 7) is 0. The first kappa shape index (κ1) is 27.3. The minimum atomic E-state index is -0.132. The lowest BCUT2D eigenvalue weighted by Crippen LogP contribution is -2.14. The number of amides is 1. The van der Waals surface area contributed by atoms with Crippen LogP contribution in [0.2, 0.25) is 0 Å². The Kier molecular flexibility index (Phi) is 9.88. The molecule has 4 rings (SSSR count). The monoisotopic (exact) mass is 551 g/mol. The molecule has 0 aliphatic rings. The topological polar surface area (TPSA) is 116 Å². The van der Waals surface area contributed by atoms with E-state index in [0.29, 0.717) is 18.0 Å². The van der Waals surface area contributed by atoms with E-state index in [1.165, 1.54) is 22.7 Å². The van der Waals surface area contributed by atoms with E-state index < -0.39 is 0 Å². The maximum absolute atomic E-state index is 12.4. The number of nitrogens with one attached hydrogen (secondary N) is 1. The van der Waals surface area contributed by atoms with Crippen molar-refractivity contribution in [3.8, 4) is 11.5 Å². The molecule has 2 heterocycles. The van der Waals surface area contributed by atoms with E-state index in [4.69, 9.17) is 9.47 Å². The maximum atomic E-state index is 12.4. The molecule has 0 radical (unpaired) electrons. The van der Waals surface area contributed by atoms with Crippen molar-refractivity contribution in [1.82, 2.24) is 20.4 Å². The molecule has 0 saturated heterocycles. The number of aromatic nitrogens is 4. The van der Waals surface area contributed by atoms with E-state index in [1.807, 2.05) is 48.5 Å². The van der Waals surface area contributed by atoms with Crippen LogP contribution in [0.5, 0.6) is 11.5 Å². The van der Waals surface area contributed by atoms with Gasteiger partial charge in [-0.25, -0.2) is 0 Å². The van der Waals surface area contributed by atoms with Crippen LogP contribution in [0.3, 0.4) is 0 Å². The van der Waals surface area contributed by atoms with Gasteiger partial charge in [0.1, 0.15) is 32.3 Å². The molecule has 1 N–H and O–H groups in total. The second-order valence-corrected chi connectivity index (χ2v) is 10.8. The fraction of sp³-hybridized carbons (Fsp3) is 0.333. The van der Waals surface area contributed by atoms with E-state index >= 15 is 0 Å². The molecule has 0 aliphatic carbocycles. The van der Waals surface area contributed by atoms with Gasteiger partial charge in [0, 0.05) is 19.3 Å². The van der Waals surface area contributed by atoms with Gasteiger partial charge in [-0.3, -0.25) is 9.59 Å². The molecular formula is C27H29N5O4S2. The zero-order chi connectivity index (χ0) is 26.7. The molecule has 11 heteroatoms. The van der Waals surface area contributed by atoms with Crippen LogP contribution in [0.15, 0.2) is 48.5 Å². The Morgan fingerprint density at radius 1 is 0.684 bits per heavy atom. The molecule has 0 aliphatic heterocycles. The van der Waals surface area contributed by atoms with E-state index in [1.54, 1.807) is 14.2 Å². The zero-order valence-corrected chi connectivity index (χ0v) is 22.9. The van der Waals surface area contributed by atoms with E-state index in [0.717, 1.165) is 63.3 Å². The standard InChI is InChI=1S/C27H29N5O4S2/c1-35-21-11-7-18(8-12-21)15-20(33)17-26-31-29-24(37-26)5-3-4-6-25-30-32-27(38-25)28-23(34)16-19-9-13-22(36-2)14-10-19/h7-14H,3-6,15-17H2,1-2H3,(H,28,32,34). The highest BCUT2D eigenvalue weighted by atomic mass is 32.1. The summed E-state index contributed by atoms with van der Waals surface area (Å²) in [6.07, 6.45) is 4.33. The first-order chi connectivity index (χ1) is 18.5. The number of carbonyl (C=O) groups is 2. The van der Waals surface area contributed by atoms with E-state index in [2.05, 4.69) is 25.7 Å². The van der Waals surface area contributed by atoms with Gasteiger partial charge in [0.15, 0.2) is 0 Å². The second-order valence-electron chi connectivity index (χ2n) is 8.61. The molecule has 0 bridgehead atoms. The molecule has 9 nitrogen and oxygen atoms in total. The Bertz CT molecular complexity index is 1230. The Morgan fingerprint density at radius 2 is 1.21 bits per heavy atom. The van der Waals surface area contributed by atoms with Gasteiger partial charge in [-0.05, 0) is 48.2 Å². The highest BCUT2D eigenvalue weighted by molar-refractivity contribution is 7.15. The van der Waals surface area contributed by atoms with Crippen molar-refractivity contribution >= 4 is 39.5 Å². The van der Waals surface area contributed by atoms with Crippen molar-refractivity contribution in [2.24, 2.45) is 0 Å². The van der Waals surface area contributed by atoms with Crippen LogP contribution in [0.4, 0.5) is 5.13 Å². The summed E-state index contributed by atoms with van der Waals surface area (Å²) in [5, 5.41) is 22.6. The van der Waals surface area contributed by atoms with Crippen molar-refractivity contribution in [1.29, 1.82) is 0 Å². The number of ether oxygens (including phenoxy) is 2. The minimum absolute atomic E-state index is 0.112. The van der Waals surface area contributed by atoms with Crippen LogP contribution in [0.25, 0.3) is 0 Å². The molecule has 38 heavy (non-hydrogen) atoms. The lowest BCUT2D eigenvalue weighted by Gasteiger charge is -2.03. The number of nitrogens with zero attached hydrogens (tertiary/aromatic N) is 4. The number of rotatable bonds is 14. The number of Topliss-reactive ketones (excluding diaryl/α,β-unsaturated/α-hetero) is 1. The van der Waals surface area contributed by atoms with Gasteiger partial charge >= 0.3 is 0 Å². The van der Waals surface area contributed by atoms with Crippen LogP contribution in [-0.4, -0.2) is 46.3 Å². The fourth-order valence-corrected chi connectivity index (χ4v) is 5.43. The maximum Gasteiger partial charge on any atom is 0.230 e. The molecule has 2 aromatic heterocycles. The SMILES string of the molecule is COc1ccc(CC(=O)Cc2nnc(CCCCc3nnc(NC(=O)Cc4ccc(OC)cc4)s3)s2)cc1. The second kappa shape index (κ2) is 13.7. The predicted octanol–water partition coefficient (Wildman–Crippen LogP) is 4.51. The Balaban J connectivity index is 1.14. The van der Waals surface area contributed by atoms with Crippen LogP contribution in [-0.2, 0) is 41.7 Å². The number of carbonyl (C=O) groups excluding carboxylic acids is 2. The first-order valence-corrected chi connectivity index (χ1v) is 13.8. The zero-order valence-electron chi connectivity index (χ0n) is 21.3. The highest BCUT2D eigenvalue weighted by Crippen LogP contribution is 2.20. The third kappa shape index (κ3) is 8.42. The van der Waals surface area contributed by atoms with Crippen molar-refractivity contribution in [2.45, 2.75) is 44.9 Å². The van der Waals surface area contributed by atoms with Crippen LogP contribution in [0, 0.1) is 0 Å². The molecule has 198 valence electrons. The molecule has 4 aromatic rings. The number of hydrogen-bond donors (Lipinski definition) is 1. The third-order valence-electron chi connectivity index (χ3n) is 5.69. The van der Waals surface area contributed by atoms with Gasteiger partial charge in [-0.1, -0.05) is 35.6 Å². The molecule has 0 atom stereocenters. The highest BCUT2D eigenvalue weighted by Gasteiger charge is 2.12. The number of anilines is 1. The van der Waals surface area contributed by atoms with Gasteiger partial charge in [-0.2, -0.15) is 0 Å². The van der Waals surface area contributed by atoms with Crippen molar-refractivity contribution in [3.63, 3.8) is 0 Å². The fourth-order valence-electron chi connectivity index (χ4n) is 3.71. The molecule has 1 amide bonds. The Hall–Kier alpha value is -3.70. The number of methoxy groups -OCH3 is 2. The van der Waals surface area contributed by atoms with Crippen LogP contribution >= 0.6 is 22.7 Å². The van der Waals surface area contributed by atoms with Crippen molar-refractivity contribution in [3.05, 3.63) is 74.7 Å².